The number of hydrogen-bond acceptors (Lipinski definition) is 3. The predicted octanol–water partition coefficient (Wildman–Crippen LogP) is 2.17. The summed E-state index contributed by atoms with van der Waals surface area (Å²) in [4.78, 5) is 4.81. The Hall–Kier alpha value is -1.17. The third-order valence-electron chi connectivity index (χ3n) is 4.82. The fraction of sp³-hybridized carbons (Fsp3) is 0.611. The van der Waals surface area contributed by atoms with E-state index in [1.807, 2.05) is 0 Å². The number of hydrogen-bond donors (Lipinski definition) is 1. The molecule has 0 unspecified atom stereocenters. The van der Waals surface area contributed by atoms with Crippen molar-refractivity contribution in [2.24, 2.45) is 0 Å². The summed E-state index contributed by atoms with van der Waals surface area (Å²) in [6.45, 7) is 9.12. The van der Waals surface area contributed by atoms with Crippen LogP contribution in [-0.4, -0.2) is 60.3 Å². The highest BCUT2D eigenvalue weighted by molar-refractivity contribution is 7.80. The minimum Gasteiger partial charge on any atom is -0.376 e. The molecule has 3 rings (SSSR count). The summed E-state index contributed by atoms with van der Waals surface area (Å²) in [6.07, 6.45) is 2.67. The number of piperazine rings is 1. The van der Waals surface area contributed by atoms with E-state index in [0.717, 1.165) is 57.4 Å². The van der Waals surface area contributed by atoms with Crippen molar-refractivity contribution in [2.75, 3.05) is 39.3 Å². The Morgan fingerprint density at radius 1 is 1.26 bits per heavy atom. The van der Waals surface area contributed by atoms with Gasteiger partial charge in [0.05, 0.1) is 6.10 Å². The van der Waals surface area contributed by atoms with Crippen LogP contribution in [0.4, 0.5) is 0 Å². The lowest BCUT2D eigenvalue weighted by molar-refractivity contribution is 0.112. The van der Waals surface area contributed by atoms with Crippen molar-refractivity contribution in [2.45, 2.75) is 32.4 Å². The number of aryl methyl sites for hydroxylation is 1. The Morgan fingerprint density at radius 2 is 2.04 bits per heavy atom. The van der Waals surface area contributed by atoms with Gasteiger partial charge in [-0.3, -0.25) is 4.90 Å². The van der Waals surface area contributed by atoms with E-state index < -0.39 is 0 Å². The number of ether oxygens (including phenoxy) is 1. The van der Waals surface area contributed by atoms with Gasteiger partial charge in [-0.2, -0.15) is 0 Å². The van der Waals surface area contributed by atoms with Gasteiger partial charge in [0.1, 0.15) is 0 Å². The fourth-order valence-electron chi connectivity index (χ4n) is 3.26. The average Bonchev–Trinajstić information content (AvgIpc) is 3.09. The normalized spacial score (nSPS) is 22.3. The van der Waals surface area contributed by atoms with Gasteiger partial charge in [0.15, 0.2) is 5.11 Å². The summed E-state index contributed by atoms with van der Waals surface area (Å²) < 4.78 is 5.64. The van der Waals surface area contributed by atoms with Gasteiger partial charge in [0, 0.05) is 45.9 Å². The molecule has 2 heterocycles. The van der Waals surface area contributed by atoms with Crippen LogP contribution in [0, 0.1) is 6.92 Å². The fourth-order valence-corrected chi connectivity index (χ4v) is 3.52. The van der Waals surface area contributed by atoms with Gasteiger partial charge in [0.2, 0.25) is 0 Å². The minimum atomic E-state index is 0.343. The molecule has 1 aromatic rings. The second-order valence-electron chi connectivity index (χ2n) is 6.51. The highest BCUT2D eigenvalue weighted by atomic mass is 32.1. The summed E-state index contributed by atoms with van der Waals surface area (Å²) in [5.74, 6) is 0. The summed E-state index contributed by atoms with van der Waals surface area (Å²) in [5.41, 5.74) is 2.81. The molecule has 0 aromatic heterocycles. The van der Waals surface area contributed by atoms with E-state index in [4.69, 9.17) is 17.0 Å². The van der Waals surface area contributed by atoms with Crippen LogP contribution < -0.4 is 5.32 Å². The van der Waals surface area contributed by atoms with Crippen LogP contribution in [0.2, 0.25) is 0 Å². The van der Waals surface area contributed by atoms with Crippen LogP contribution in [0.5, 0.6) is 0 Å². The van der Waals surface area contributed by atoms with Crippen LogP contribution in [0.3, 0.4) is 0 Å². The average molecular weight is 334 g/mol. The second kappa shape index (κ2) is 8.08. The molecule has 1 atom stereocenters. The third kappa shape index (κ3) is 4.66. The van der Waals surface area contributed by atoms with Gasteiger partial charge >= 0.3 is 0 Å². The van der Waals surface area contributed by atoms with Gasteiger partial charge in [-0.05, 0) is 43.1 Å². The lowest BCUT2D eigenvalue weighted by Crippen LogP contribution is -2.52. The quantitative estimate of drug-likeness (QED) is 0.853. The molecule has 0 saturated carbocycles. The monoisotopic (exact) mass is 333 g/mol. The first kappa shape index (κ1) is 16.7. The Kier molecular flexibility index (Phi) is 5.86. The zero-order chi connectivity index (χ0) is 16.1. The van der Waals surface area contributed by atoms with E-state index in [2.05, 4.69) is 46.3 Å². The molecule has 0 aliphatic carbocycles. The van der Waals surface area contributed by atoms with Crippen molar-refractivity contribution >= 4 is 17.3 Å². The molecule has 0 bridgehead atoms. The van der Waals surface area contributed by atoms with Crippen molar-refractivity contribution in [1.82, 2.24) is 15.1 Å². The van der Waals surface area contributed by atoms with E-state index in [1.54, 1.807) is 0 Å². The Labute approximate surface area is 144 Å². The van der Waals surface area contributed by atoms with Crippen LogP contribution in [0.25, 0.3) is 0 Å². The molecule has 0 radical (unpaired) electrons. The summed E-state index contributed by atoms with van der Waals surface area (Å²) in [5, 5.41) is 4.27. The Bertz CT molecular complexity index is 523. The van der Waals surface area contributed by atoms with Crippen LogP contribution >= 0.6 is 12.2 Å². The lowest BCUT2D eigenvalue weighted by Gasteiger charge is -2.36. The molecule has 126 valence electrons. The van der Waals surface area contributed by atoms with E-state index in [9.17, 15) is 0 Å². The van der Waals surface area contributed by atoms with Gasteiger partial charge in [-0.15, -0.1) is 0 Å². The molecule has 2 fully saturated rings. The number of benzene rings is 1. The SMILES string of the molecule is Cc1ccccc1CN1CCN(C(=S)NC[C@@H]2CCCO2)CC1. The highest BCUT2D eigenvalue weighted by Crippen LogP contribution is 2.13. The van der Waals surface area contributed by atoms with E-state index in [1.165, 1.54) is 17.5 Å². The number of nitrogens with one attached hydrogen (secondary N) is 1. The zero-order valence-electron chi connectivity index (χ0n) is 14.0. The summed E-state index contributed by atoms with van der Waals surface area (Å²) >= 11 is 5.54. The molecule has 0 amide bonds. The van der Waals surface area contributed by atoms with Gasteiger partial charge in [-0.1, -0.05) is 24.3 Å². The topological polar surface area (TPSA) is 27.7 Å². The maximum Gasteiger partial charge on any atom is 0.169 e. The van der Waals surface area contributed by atoms with E-state index in [-0.39, 0.29) is 0 Å². The number of thiocarbonyl (C=S) groups is 1. The van der Waals surface area contributed by atoms with Gasteiger partial charge < -0.3 is 15.0 Å². The molecule has 5 heteroatoms. The molecule has 4 nitrogen and oxygen atoms in total. The molecule has 1 N–H and O–H groups in total. The molecule has 23 heavy (non-hydrogen) atoms. The molecule has 2 aliphatic rings. The number of nitrogens with zero attached hydrogens (tertiary/aromatic N) is 2. The van der Waals surface area contributed by atoms with E-state index in [0.29, 0.717) is 6.10 Å². The molecule has 2 aliphatic heterocycles. The molecule has 2 saturated heterocycles. The molecular formula is C18H27N3OS. The summed E-state index contributed by atoms with van der Waals surface area (Å²) in [7, 11) is 0. The van der Waals surface area contributed by atoms with Crippen molar-refractivity contribution < 1.29 is 4.74 Å². The first-order chi connectivity index (χ1) is 11.2. The standard InChI is InChI=1S/C18H27N3OS/c1-15-5-2-3-6-16(15)14-20-8-10-21(11-9-20)18(23)19-13-17-7-4-12-22-17/h2-3,5-6,17H,4,7-14H2,1H3,(H,19,23)/t17-/m0/s1. The van der Waals surface area contributed by atoms with Crippen molar-refractivity contribution in [3.05, 3.63) is 35.4 Å². The molecule has 0 spiro atoms. The second-order valence-corrected chi connectivity index (χ2v) is 6.90. The van der Waals surface area contributed by atoms with Crippen LogP contribution in [-0.2, 0) is 11.3 Å². The molecular weight excluding hydrogens is 306 g/mol. The van der Waals surface area contributed by atoms with Crippen LogP contribution in [0.1, 0.15) is 24.0 Å². The van der Waals surface area contributed by atoms with Crippen molar-refractivity contribution in [1.29, 1.82) is 0 Å². The van der Waals surface area contributed by atoms with E-state index >= 15 is 0 Å². The lowest BCUT2D eigenvalue weighted by atomic mass is 10.1. The predicted molar refractivity (Wildman–Crippen MR) is 97.6 cm³/mol. The van der Waals surface area contributed by atoms with Crippen LogP contribution in [0.15, 0.2) is 24.3 Å². The van der Waals surface area contributed by atoms with Crippen molar-refractivity contribution in [3.8, 4) is 0 Å². The number of rotatable bonds is 4. The first-order valence-electron chi connectivity index (χ1n) is 8.63. The van der Waals surface area contributed by atoms with Crippen molar-refractivity contribution in [3.63, 3.8) is 0 Å². The Balaban J connectivity index is 1.41. The third-order valence-corrected chi connectivity index (χ3v) is 5.22. The van der Waals surface area contributed by atoms with Gasteiger partial charge in [0.25, 0.3) is 0 Å². The maximum atomic E-state index is 5.64. The molecule has 1 aromatic carbocycles. The smallest absolute Gasteiger partial charge is 0.169 e. The Morgan fingerprint density at radius 3 is 2.74 bits per heavy atom. The zero-order valence-corrected chi connectivity index (χ0v) is 14.8. The highest BCUT2D eigenvalue weighted by Gasteiger charge is 2.21. The largest absolute Gasteiger partial charge is 0.376 e. The maximum absolute atomic E-state index is 5.64. The first-order valence-corrected chi connectivity index (χ1v) is 9.04. The summed E-state index contributed by atoms with van der Waals surface area (Å²) in [6, 6.07) is 8.66. The minimum absolute atomic E-state index is 0.343. The van der Waals surface area contributed by atoms with Gasteiger partial charge in [-0.25, -0.2) is 0 Å².